The first-order valence-electron chi connectivity index (χ1n) is 17.6. The van der Waals surface area contributed by atoms with Crippen molar-refractivity contribution in [3.05, 3.63) is 89.9 Å². The van der Waals surface area contributed by atoms with E-state index in [-0.39, 0.29) is 11.8 Å². The van der Waals surface area contributed by atoms with Gasteiger partial charge in [-0.05, 0) is 80.0 Å². The topological polar surface area (TPSA) is 104 Å². The summed E-state index contributed by atoms with van der Waals surface area (Å²) in [7, 11) is 9.74. The fourth-order valence-corrected chi connectivity index (χ4v) is 7.06. The van der Waals surface area contributed by atoms with Gasteiger partial charge in [-0.1, -0.05) is 18.2 Å². The molecule has 276 valence electrons. The number of rotatable bonds is 15. The molecular formula is C40H49N5O7. The Balaban J connectivity index is 1.19. The fourth-order valence-electron chi connectivity index (χ4n) is 7.06. The second kappa shape index (κ2) is 16.8. The van der Waals surface area contributed by atoms with Crippen molar-refractivity contribution in [2.24, 2.45) is 0 Å². The molecule has 1 unspecified atom stereocenters. The standard InChI is InChI=1S/C40H49N5O7/c1-42(39(46)30-24-36(49-4)38(51-6)37(25-30)50-5)26-29(28-14-15-34(47-2)35(23-28)48-3)16-19-43-17-10-18-44(21-20-43)40-41-32-12-7-8-13-33(32)45(40)27-31-11-9-22-52-31/h7-9,11-15,22-25,29H,10,16-21,26-27H2,1-6H3. The Bertz CT molecular complexity index is 1920. The zero-order chi connectivity index (χ0) is 36.6. The minimum Gasteiger partial charge on any atom is -0.493 e. The van der Waals surface area contributed by atoms with Gasteiger partial charge in [0, 0.05) is 44.7 Å². The first-order valence-corrected chi connectivity index (χ1v) is 17.6. The SMILES string of the molecule is COc1ccc(C(CCN2CCCN(c3nc4ccccc4n3Cc3ccco3)CC2)CN(C)C(=O)c2cc(OC)c(OC)c(OC)c2)cc1OC. The average molecular weight is 712 g/mol. The zero-order valence-electron chi connectivity index (χ0n) is 31.0. The number of hydrogen-bond acceptors (Lipinski definition) is 10. The highest BCUT2D eigenvalue weighted by molar-refractivity contribution is 5.95. The van der Waals surface area contributed by atoms with Crippen molar-refractivity contribution < 1.29 is 32.9 Å². The summed E-state index contributed by atoms with van der Waals surface area (Å²) < 4.78 is 35.7. The minimum atomic E-state index is -0.146. The molecule has 0 N–H and O–H groups in total. The molecule has 1 amide bonds. The predicted molar refractivity (Wildman–Crippen MR) is 201 cm³/mol. The van der Waals surface area contributed by atoms with Crippen molar-refractivity contribution >= 4 is 22.9 Å². The van der Waals surface area contributed by atoms with Gasteiger partial charge in [-0.15, -0.1) is 0 Å². The number of likely N-dealkylation sites (N-methyl/N-ethyl adjacent to an activating group) is 1. The van der Waals surface area contributed by atoms with Crippen LogP contribution < -0.4 is 28.6 Å². The molecular weight excluding hydrogens is 662 g/mol. The molecule has 1 fully saturated rings. The van der Waals surface area contributed by atoms with Crippen LogP contribution in [0.4, 0.5) is 5.95 Å². The first-order chi connectivity index (χ1) is 25.4. The molecule has 0 aliphatic carbocycles. The molecule has 3 heterocycles. The summed E-state index contributed by atoms with van der Waals surface area (Å²) in [5.74, 6) is 4.37. The minimum absolute atomic E-state index is 0.0210. The lowest BCUT2D eigenvalue weighted by Crippen LogP contribution is -2.35. The second-order valence-corrected chi connectivity index (χ2v) is 12.9. The van der Waals surface area contributed by atoms with Crippen LogP contribution in [-0.4, -0.2) is 107 Å². The average Bonchev–Trinajstić information content (AvgIpc) is 3.76. The van der Waals surface area contributed by atoms with Crippen molar-refractivity contribution in [2.75, 3.05) is 86.8 Å². The van der Waals surface area contributed by atoms with Crippen LogP contribution in [0.2, 0.25) is 0 Å². The number of nitrogens with zero attached hydrogens (tertiary/aromatic N) is 5. The van der Waals surface area contributed by atoms with Gasteiger partial charge in [0.2, 0.25) is 11.7 Å². The number of furan rings is 1. The van der Waals surface area contributed by atoms with E-state index in [0.29, 0.717) is 47.4 Å². The Kier molecular flexibility index (Phi) is 11.8. The quantitative estimate of drug-likeness (QED) is 0.125. The number of amides is 1. The number of carbonyl (C=O) groups excluding carboxylic acids is 1. The van der Waals surface area contributed by atoms with E-state index in [9.17, 15) is 4.79 Å². The van der Waals surface area contributed by atoms with Crippen molar-refractivity contribution in [1.82, 2.24) is 19.4 Å². The molecule has 0 radical (unpaired) electrons. The Morgan fingerprint density at radius 2 is 1.58 bits per heavy atom. The highest BCUT2D eigenvalue weighted by Gasteiger charge is 2.26. The number of methoxy groups -OCH3 is 5. The number of ether oxygens (including phenoxy) is 5. The van der Waals surface area contributed by atoms with Gasteiger partial charge in [-0.25, -0.2) is 4.98 Å². The van der Waals surface area contributed by atoms with Crippen molar-refractivity contribution in [1.29, 1.82) is 0 Å². The van der Waals surface area contributed by atoms with E-state index in [1.54, 1.807) is 58.8 Å². The van der Waals surface area contributed by atoms with Gasteiger partial charge in [-0.2, -0.15) is 0 Å². The summed E-state index contributed by atoms with van der Waals surface area (Å²) in [6.07, 6.45) is 3.55. The van der Waals surface area contributed by atoms with Gasteiger partial charge in [0.25, 0.3) is 5.91 Å². The molecule has 1 atom stereocenters. The Labute approximate surface area is 305 Å². The lowest BCUT2D eigenvalue weighted by Gasteiger charge is -2.28. The van der Waals surface area contributed by atoms with E-state index in [1.165, 1.54) is 0 Å². The molecule has 0 spiro atoms. The predicted octanol–water partition coefficient (Wildman–Crippen LogP) is 6.18. The molecule has 6 rings (SSSR count). The summed E-state index contributed by atoms with van der Waals surface area (Å²) >= 11 is 0. The van der Waals surface area contributed by atoms with Crippen LogP contribution in [0.15, 0.2) is 77.4 Å². The third kappa shape index (κ3) is 7.91. The maximum atomic E-state index is 13.9. The van der Waals surface area contributed by atoms with Crippen LogP contribution in [0.25, 0.3) is 11.0 Å². The summed E-state index contributed by atoms with van der Waals surface area (Å²) in [5.41, 5.74) is 3.60. The van der Waals surface area contributed by atoms with E-state index in [0.717, 1.165) is 73.9 Å². The third-order valence-electron chi connectivity index (χ3n) is 9.83. The smallest absolute Gasteiger partial charge is 0.253 e. The van der Waals surface area contributed by atoms with Crippen molar-refractivity contribution in [3.8, 4) is 28.7 Å². The summed E-state index contributed by atoms with van der Waals surface area (Å²) in [5, 5.41) is 0. The van der Waals surface area contributed by atoms with Crippen LogP contribution >= 0.6 is 0 Å². The molecule has 52 heavy (non-hydrogen) atoms. The largest absolute Gasteiger partial charge is 0.493 e. The molecule has 12 nitrogen and oxygen atoms in total. The molecule has 1 aliphatic heterocycles. The Hall–Kier alpha value is -5.36. The fraction of sp³-hybridized carbons (Fsp3) is 0.400. The highest BCUT2D eigenvalue weighted by Crippen LogP contribution is 2.39. The molecule has 1 saturated heterocycles. The number of carbonyl (C=O) groups is 1. The van der Waals surface area contributed by atoms with E-state index in [4.69, 9.17) is 33.1 Å². The summed E-state index contributed by atoms with van der Waals surface area (Å²) in [6.45, 7) is 5.59. The van der Waals surface area contributed by atoms with E-state index >= 15 is 0 Å². The van der Waals surface area contributed by atoms with E-state index in [1.807, 2.05) is 37.4 Å². The Morgan fingerprint density at radius 3 is 2.27 bits per heavy atom. The molecule has 3 aromatic carbocycles. The van der Waals surface area contributed by atoms with Crippen LogP contribution in [0, 0.1) is 0 Å². The summed E-state index contributed by atoms with van der Waals surface area (Å²) in [4.78, 5) is 25.6. The van der Waals surface area contributed by atoms with Gasteiger partial charge in [-0.3, -0.25) is 4.79 Å². The van der Waals surface area contributed by atoms with Gasteiger partial charge in [0.1, 0.15) is 5.76 Å². The van der Waals surface area contributed by atoms with Gasteiger partial charge in [0.05, 0.1) is 59.4 Å². The van der Waals surface area contributed by atoms with Gasteiger partial charge in [0.15, 0.2) is 23.0 Å². The van der Waals surface area contributed by atoms with E-state index < -0.39 is 0 Å². The number of imidazole rings is 1. The number of anilines is 1. The molecule has 12 heteroatoms. The normalized spacial score (nSPS) is 14.2. The van der Waals surface area contributed by atoms with Gasteiger partial charge < -0.3 is 47.4 Å². The molecule has 1 aliphatic rings. The van der Waals surface area contributed by atoms with E-state index in [2.05, 4.69) is 38.6 Å². The molecule has 5 aromatic rings. The van der Waals surface area contributed by atoms with Crippen LogP contribution in [0.3, 0.4) is 0 Å². The maximum absolute atomic E-state index is 13.9. The maximum Gasteiger partial charge on any atom is 0.253 e. The number of fused-ring (bicyclic) bond motifs is 1. The lowest BCUT2D eigenvalue weighted by molar-refractivity contribution is 0.0782. The van der Waals surface area contributed by atoms with Crippen LogP contribution in [0.1, 0.15) is 40.4 Å². The Morgan fingerprint density at radius 1 is 0.827 bits per heavy atom. The number of hydrogen-bond donors (Lipinski definition) is 0. The first kappa shape index (κ1) is 36.4. The van der Waals surface area contributed by atoms with Crippen molar-refractivity contribution in [3.63, 3.8) is 0 Å². The van der Waals surface area contributed by atoms with Gasteiger partial charge >= 0.3 is 0 Å². The number of para-hydroxylation sites is 2. The van der Waals surface area contributed by atoms with Crippen LogP contribution in [0.5, 0.6) is 28.7 Å². The zero-order valence-corrected chi connectivity index (χ0v) is 31.0. The number of aromatic nitrogens is 2. The molecule has 0 saturated carbocycles. The third-order valence-corrected chi connectivity index (χ3v) is 9.83. The second-order valence-electron chi connectivity index (χ2n) is 12.9. The number of benzene rings is 3. The highest BCUT2D eigenvalue weighted by atomic mass is 16.5. The van der Waals surface area contributed by atoms with Crippen LogP contribution in [-0.2, 0) is 6.54 Å². The molecule has 0 bridgehead atoms. The lowest BCUT2D eigenvalue weighted by atomic mass is 9.94. The van der Waals surface area contributed by atoms with Crippen molar-refractivity contribution in [2.45, 2.75) is 25.3 Å². The monoisotopic (exact) mass is 711 g/mol. The summed E-state index contributed by atoms with van der Waals surface area (Å²) in [6, 6.07) is 21.6. The molecule has 2 aromatic heterocycles.